The molecule has 0 aromatic rings. The number of likely N-dealkylation sites (N-methyl/N-ethyl adjacent to an activating group) is 1. The van der Waals surface area contributed by atoms with Gasteiger partial charge in [0.15, 0.2) is 0 Å². The summed E-state index contributed by atoms with van der Waals surface area (Å²) in [7, 11) is 0. The van der Waals surface area contributed by atoms with Crippen molar-refractivity contribution in [3.05, 3.63) is 0 Å². The van der Waals surface area contributed by atoms with Crippen LogP contribution in [0.3, 0.4) is 0 Å². The summed E-state index contributed by atoms with van der Waals surface area (Å²) in [4.78, 5) is 0. The van der Waals surface area contributed by atoms with Crippen LogP contribution in [0.1, 0.15) is 47.5 Å². The maximum absolute atomic E-state index is 5.39. The van der Waals surface area contributed by atoms with Crippen molar-refractivity contribution in [2.45, 2.75) is 53.6 Å². The van der Waals surface area contributed by atoms with Gasteiger partial charge in [-0.2, -0.15) is 0 Å². The number of hydrogen-bond donors (Lipinski definition) is 1. The monoisotopic (exact) mass is 189 g/mol. The summed E-state index contributed by atoms with van der Waals surface area (Å²) in [6.45, 7) is 13.2. The lowest BCUT2D eigenvalue weighted by Gasteiger charge is -2.07. The second-order valence-corrected chi connectivity index (χ2v) is 2.44. The molecule has 1 atom stereocenters. The Bertz CT molecular complexity index is 70.5. The SMILES string of the molecule is CC.CC.CCNCC1CCCO1. The third-order valence-corrected chi connectivity index (χ3v) is 1.65. The van der Waals surface area contributed by atoms with Gasteiger partial charge in [0.1, 0.15) is 0 Å². The van der Waals surface area contributed by atoms with Crippen LogP contribution in [0.25, 0.3) is 0 Å². The van der Waals surface area contributed by atoms with Crippen molar-refractivity contribution in [2.24, 2.45) is 0 Å². The summed E-state index contributed by atoms with van der Waals surface area (Å²) in [5, 5.41) is 3.27. The highest BCUT2D eigenvalue weighted by Crippen LogP contribution is 2.09. The van der Waals surface area contributed by atoms with Gasteiger partial charge < -0.3 is 10.1 Å². The molecule has 0 bridgehead atoms. The zero-order valence-electron chi connectivity index (χ0n) is 10.0. The second kappa shape index (κ2) is 14.4. The first-order valence-electron chi connectivity index (χ1n) is 5.76. The zero-order valence-corrected chi connectivity index (χ0v) is 10.0. The fraction of sp³-hybridized carbons (Fsp3) is 1.00. The van der Waals surface area contributed by atoms with E-state index in [1.54, 1.807) is 0 Å². The number of ether oxygens (including phenoxy) is 1. The molecule has 1 unspecified atom stereocenters. The molecule has 0 amide bonds. The maximum atomic E-state index is 5.39. The normalized spacial score (nSPS) is 19.6. The molecule has 2 nitrogen and oxygen atoms in total. The van der Waals surface area contributed by atoms with Gasteiger partial charge in [0.2, 0.25) is 0 Å². The molecule has 0 aromatic heterocycles. The Labute approximate surface area is 84.1 Å². The van der Waals surface area contributed by atoms with E-state index in [1.165, 1.54) is 12.8 Å². The fourth-order valence-electron chi connectivity index (χ4n) is 1.11. The summed E-state index contributed by atoms with van der Waals surface area (Å²) >= 11 is 0. The van der Waals surface area contributed by atoms with Gasteiger partial charge in [-0.1, -0.05) is 34.6 Å². The lowest BCUT2D eigenvalue weighted by atomic mass is 10.2. The van der Waals surface area contributed by atoms with E-state index >= 15 is 0 Å². The number of rotatable bonds is 3. The molecular formula is C11H27NO. The maximum Gasteiger partial charge on any atom is 0.0700 e. The van der Waals surface area contributed by atoms with Crippen molar-refractivity contribution in [1.82, 2.24) is 5.32 Å². The third kappa shape index (κ3) is 9.84. The van der Waals surface area contributed by atoms with Gasteiger partial charge >= 0.3 is 0 Å². The second-order valence-electron chi connectivity index (χ2n) is 2.44. The highest BCUT2D eigenvalue weighted by atomic mass is 16.5. The van der Waals surface area contributed by atoms with Crippen LogP contribution in [0.5, 0.6) is 0 Å². The van der Waals surface area contributed by atoms with Crippen molar-refractivity contribution in [3.63, 3.8) is 0 Å². The Hall–Kier alpha value is -0.0800. The first-order valence-corrected chi connectivity index (χ1v) is 5.76. The zero-order chi connectivity index (χ0) is 10.5. The van der Waals surface area contributed by atoms with E-state index in [0.29, 0.717) is 6.10 Å². The Morgan fingerprint density at radius 1 is 1.23 bits per heavy atom. The molecule has 0 spiro atoms. The van der Waals surface area contributed by atoms with Gasteiger partial charge in [-0.15, -0.1) is 0 Å². The van der Waals surface area contributed by atoms with Gasteiger partial charge in [-0.25, -0.2) is 0 Å². The molecule has 1 aliphatic rings. The van der Waals surface area contributed by atoms with E-state index in [-0.39, 0.29) is 0 Å². The summed E-state index contributed by atoms with van der Waals surface area (Å²) in [6.07, 6.45) is 2.99. The standard InChI is InChI=1S/C7H15NO.2C2H6/c1-2-8-6-7-4-3-5-9-7;2*1-2/h7-8H,2-6H2,1H3;2*1-2H3. The molecule has 82 valence electrons. The molecule has 1 rings (SSSR count). The quantitative estimate of drug-likeness (QED) is 0.737. The largest absolute Gasteiger partial charge is 0.377 e. The van der Waals surface area contributed by atoms with E-state index in [0.717, 1.165) is 19.7 Å². The van der Waals surface area contributed by atoms with Crippen LogP contribution < -0.4 is 5.32 Å². The predicted molar refractivity (Wildman–Crippen MR) is 60.2 cm³/mol. The lowest BCUT2D eigenvalue weighted by Crippen LogP contribution is -2.25. The molecule has 2 heteroatoms. The van der Waals surface area contributed by atoms with Crippen LogP contribution in [-0.4, -0.2) is 25.8 Å². The molecule has 0 saturated carbocycles. The topological polar surface area (TPSA) is 21.3 Å². The third-order valence-electron chi connectivity index (χ3n) is 1.65. The van der Waals surface area contributed by atoms with E-state index < -0.39 is 0 Å². The fourth-order valence-corrected chi connectivity index (χ4v) is 1.11. The average molecular weight is 189 g/mol. The summed E-state index contributed by atoms with van der Waals surface area (Å²) in [5.74, 6) is 0. The van der Waals surface area contributed by atoms with Crippen LogP contribution >= 0.6 is 0 Å². The molecule has 1 N–H and O–H groups in total. The van der Waals surface area contributed by atoms with Crippen LogP contribution in [-0.2, 0) is 4.74 Å². The Morgan fingerprint density at radius 3 is 2.23 bits per heavy atom. The molecular weight excluding hydrogens is 162 g/mol. The smallest absolute Gasteiger partial charge is 0.0700 e. The van der Waals surface area contributed by atoms with Gasteiger partial charge in [0, 0.05) is 13.2 Å². The minimum atomic E-state index is 0.505. The van der Waals surface area contributed by atoms with Crippen molar-refractivity contribution >= 4 is 0 Å². The highest BCUT2D eigenvalue weighted by Gasteiger charge is 2.13. The van der Waals surface area contributed by atoms with Crippen molar-refractivity contribution in [3.8, 4) is 0 Å². The van der Waals surface area contributed by atoms with Gasteiger partial charge in [0.25, 0.3) is 0 Å². The average Bonchev–Trinajstić information content (AvgIpc) is 2.73. The van der Waals surface area contributed by atoms with Crippen LogP contribution in [0.15, 0.2) is 0 Å². The predicted octanol–water partition coefficient (Wildman–Crippen LogP) is 2.83. The highest BCUT2D eigenvalue weighted by molar-refractivity contribution is 4.66. The summed E-state index contributed by atoms with van der Waals surface area (Å²) in [5.41, 5.74) is 0. The van der Waals surface area contributed by atoms with E-state index in [1.807, 2.05) is 27.7 Å². The Kier molecular flexibility index (Phi) is 17.1. The molecule has 0 radical (unpaired) electrons. The lowest BCUT2D eigenvalue weighted by molar-refractivity contribution is 0.110. The minimum absolute atomic E-state index is 0.505. The van der Waals surface area contributed by atoms with Crippen molar-refractivity contribution < 1.29 is 4.74 Å². The summed E-state index contributed by atoms with van der Waals surface area (Å²) in [6, 6.07) is 0. The Balaban J connectivity index is 0. The molecule has 13 heavy (non-hydrogen) atoms. The first kappa shape index (κ1) is 15.4. The van der Waals surface area contributed by atoms with Crippen LogP contribution in [0, 0.1) is 0 Å². The molecule has 1 heterocycles. The number of hydrogen-bond acceptors (Lipinski definition) is 2. The van der Waals surface area contributed by atoms with Gasteiger partial charge in [-0.05, 0) is 19.4 Å². The van der Waals surface area contributed by atoms with Crippen molar-refractivity contribution in [1.29, 1.82) is 0 Å². The molecule has 1 aliphatic heterocycles. The van der Waals surface area contributed by atoms with Crippen LogP contribution in [0.2, 0.25) is 0 Å². The molecule has 1 saturated heterocycles. The number of nitrogens with one attached hydrogen (secondary N) is 1. The van der Waals surface area contributed by atoms with Gasteiger partial charge in [-0.3, -0.25) is 0 Å². The summed E-state index contributed by atoms with van der Waals surface area (Å²) < 4.78 is 5.39. The minimum Gasteiger partial charge on any atom is -0.377 e. The Morgan fingerprint density at radius 2 is 1.85 bits per heavy atom. The first-order chi connectivity index (χ1) is 6.43. The van der Waals surface area contributed by atoms with Crippen molar-refractivity contribution in [2.75, 3.05) is 19.7 Å². The molecule has 0 aliphatic carbocycles. The van der Waals surface area contributed by atoms with E-state index in [9.17, 15) is 0 Å². The molecule has 0 aromatic carbocycles. The van der Waals surface area contributed by atoms with E-state index in [2.05, 4.69) is 12.2 Å². The van der Waals surface area contributed by atoms with Crippen LogP contribution in [0.4, 0.5) is 0 Å². The van der Waals surface area contributed by atoms with E-state index in [4.69, 9.17) is 4.74 Å². The molecule has 1 fully saturated rings. The van der Waals surface area contributed by atoms with Gasteiger partial charge in [0.05, 0.1) is 6.10 Å².